The summed E-state index contributed by atoms with van der Waals surface area (Å²) < 4.78 is 41.8. The largest absolute Gasteiger partial charge is 0.486 e. The first kappa shape index (κ1) is 19.3. The van der Waals surface area contributed by atoms with Crippen molar-refractivity contribution in [2.45, 2.75) is 24.3 Å². The highest BCUT2D eigenvalue weighted by Crippen LogP contribution is 2.32. The van der Waals surface area contributed by atoms with E-state index < -0.39 is 9.84 Å². The van der Waals surface area contributed by atoms with Gasteiger partial charge in [0.05, 0.1) is 16.7 Å². The summed E-state index contributed by atoms with van der Waals surface area (Å²) in [7, 11) is -3.63. The molecule has 2 aromatic carbocycles. The molecule has 1 N–H and O–H groups in total. The van der Waals surface area contributed by atoms with Crippen molar-refractivity contribution in [2.24, 2.45) is 0 Å². The molecule has 0 fully saturated rings. The quantitative estimate of drug-likeness (QED) is 0.664. The van der Waals surface area contributed by atoms with Crippen LogP contribution in [0.1, 0.15) is 25.1 Å². The lowest BCUT2D eigenvalue weighted by Crippen LogP contribution is -2.28. The molecule has 29 heavy (non-hydrogen) atoms. The standard InChI is InChI=1S/C21H21NO6S/c1-14(19-12-15-4-2-3-5-17(15)28-19)22-21(23)8-11-29(24,25)16-6-7-18-20(13-16)27-10-9-26-18/h2-7,12-14H,8-11H2,1H3,(H,22,23). The normalized spacial score (nSPS) is 14.5. The van der Waals surface area contributed by atoms with Crippen LogP contribution in [0.3, 0.4) is 0 Å². The Morgan fingerprint density at radius 2 is 1.83 bits per heavy atom. The molecule has 1 aliphatic rings. The number of amides is 1. The van der Waals surface area contributed by atoms with Gasteiger partial charge in [0, 0.05) is 17.9 Å². The summed E-state index contributed by atoms with van der Waals surface area (Å²) in [5.41, 5.74) is 0.741. The third-order valence-electron chi connectivity index (χ3n) is 4.72. The van der Waals surface area contributed by atoms with E-state index in [1.165, 1.54) is 12.1 Å². The van der Waals surface area contributed by atoms with Gasteiger partial charge in [-0.25, -0.2) is 8.42 Å². The number of para-hydroxylation sites is 1. The van der Waals surface area contributed by atoms with E-state index in [0.717, 1.165) is 11.0 Å². The summed E-state index contributed by atoms with van der Waals surface area (Å²) in [5, 5.41) is 3.74. The van der Waals surface area contributed by atoms with E-state index >= 15 is 0 Å². The van der Waals surface area contributed by atoms with E-state index in [0.29, 0.717) is 30.5 Å². The molecule has 2 heterocycles. The maximum absolute atomic E-state index is 12.6. The van der Waals surface area contributed by atoms with Crippen molar-refractivity contribution in [2.75, 3.05) is 19.0 Å². The minimum absolute atomic E-state index is 0.111. The summed E-state index contributed by atoms with van der Waals surface area (Å²) >= 11 is 0. The van der Waals surface area contributed by atoms with Crippen LogP contribution in [0, 0.1) is 0 Å². The van der Waals surface area contributed by atoms with Crippen LogP contribution in [-0.2, 0) is 14.6 Å². The Labute approximate surface area is 168 Å². The number of benzene rings is 2. The molecular weight excluding hydrogens is 394 g/mol. The molecule has 1 atom stereocenters. The van der Waals surface area contributed by atoms with Crippen LogP contribution in [0.2, 0.25) is 0 Å². The van der Waals surface area contributed by atoms with Crippen LogP contribution in [0.5, 0.6) is 11.5 Å². The van der Waals surface area contributed by atoms with Gasteiger partial charge in [-0.2, -0.15) is 0 Å². The predicted octanol–water partition coefficient (Wildman–Crippen LogP) is 3.25. The Bertz CT molecular complexity index is 1120. The van der Waals surface area contributed by atoms with Gasteiger partial charge in [0.25, 0.3) is 0 Å². The molecular formula is C21H21NO6S. The van der Waals surface area contributed by atoms with Crippen molar-refractivity contribution in [3.8, 4) is 11.5 Å². The minimum atomic E-state index is -3.63. The molecule has 0 saturated heterocycles. The van der Waals surface area contributed by atoms with Crippen LogP contribution in [-0.4, -0.2) is 33.3 Å². The highest BCUT2D eigenvalue weighted by atomic mass is 32.2. The molecule has 1 amide bonds. The second-order valence-electron chi connectivity index (χ2n) is 6.85. The topological polar surface area (TPSA) is 94.8 Å². The highest BCUT2D eigenvalue weighted by Gasteiger charge is 2.21. The Morgan fingerprint density at radius 3 is 2.62 bits per heavy atom. The first-order valence-corrected chi connectivity index (χ1v) is 11.0. The Balaban J connectivity index is 1.38. The molecule has 1 unspecified atom stereocenters. The van der Waals surface area contributed by atoms with Crippen LogP contribution >= 0.6 is 0 Å². The molecule has 0 spiro atoms. The molecule has 7 nitrogen and oxygen atoms in total. The second-order valence-corrected chi connectivity index (χ2v) is 8.96. The number of hydrogen-bond donors (Lipinski definition) is 1. The zero-order valence-electron chi connectivity index (χ0n) is 15.9. The smallest absolute Gasteiger partial charge is 0.221 e. The van der Waals surface area contributed by atoms with Crippen molar-refractivity contribution in [1.82, 2.24) is 5.32 Å². The number of ether oxygens (including phenoxy) is 2. The van der Waals surface area contributed by atoms with Crippen molar-refractivity contribution in [1.29, 1.82) is 0 Å². The van der Waals surface area contributed by atoms with Crippen LogP contribution < -0.4 is 14.8 Å². The molecule has 4 rings (SSSR count). The van der Waals surface area contributed by atoms with Gasteiger partial charge in [0.15, 0.2) is 21.3 Å². The Hall–Kier alpha value is -3.00. The number of sulfone groups is 1. The lowest BCUT2D eigenvalue weighted by atomic mass is 10.2. The zero-order valence-corrected chi connectivity index (χ0v) is 16.7. The number of hydrogen-bond acceptors (Lipinski definition) is 6. The third kappa shape index (κ3) is 4.22. The first-order valence-electron chi connectivity index (χ1n) is 9.33. The van der Waals surface area contributed by atoms with Crippen molar-refractivity contribution in [3.05, 3.63) is 54.3 Å². The van der Waals surface area contributed by atoms with Gasteiger partial charge in [-0.3, -0.25) is 4.79 Å². The molecule has 8 heteroatoms. The number of nitrogens with one attached hydrogen (secondary N) is 1. The maximum atomic E-state index is 12.6. The fourth-order valence-corrected chi connectivity index (χ4v) is 4.41. The van der Waals surface area contributed by atoms with Gasteiger partial charge in [-0.1, -0.05) is 18.2 Å². The fraction of sp³-hybridized carbons (Fsp3) is 0.286. The highest BCUT2D eigenvalue weighted by molar-refractivity contribution is 7.91. The molecule has 1 aromatic heterocycles. The molecule has 0 saturated carbocycles. The SMILES string of the molecule is CC(NC(=O)CCS(=O)(=O)c1ccc2c(c1)OCCO2)c1cc2ccccc2o1. The predicted molar refractivity (Wildman–Crippen MR) is 107 cm³/mol. The molecule has 0 radical (unpaired) electrons. The van der Waals surface area contributed by atoms with Gasteiger partial charge < -0.3 is 19.2 Å². The van der Waals surface area contributed by atoms with Gasteiger partial charge in [-0.15, -0.1) is 0 Å². The lowest BCUT2D eigenvalue weighted by molar-refractivity contribution is -0.121. The van der Waals surface area contributed by atoms with E-state index in [2.05, 4.69) is 5.32 Å². The molecule has 3 aromatic rings. The van der Waals surface area contributed by atoms with Gasteiger partial charge in [0.1, 0.15) is 24.6 Å². The van der Waals surface area contributed by atoms with E-state index in [4.69, 9.17) is 13.9 Å². The summed E-state index contributed by atoms with van der Waals surface area (Å²) in [5.74, 6) is 0.881. The lowest BCUT2D eigenvalue weighted by Gasteiger charge is -2.18. The molecule has 0 aliphatic carbocycles. The first-order chi connectivity index (χ1) is 13.9. The summed E-state index contributed by atoms with van der Waals surface area (Å²) in [4.78, 5) is 12.4. The van der Waals surface area contributed by atoms with Crippen LogP contribution in [0.25, 0.3) is 11.0 Å². The van der Waals surface area contributed by atoms with Gasteiger partial charge in [-0.05, 0) is 31.2 Å². The molecule has 1 aliphatic heterocycles. The summed E-state index contributed by atoms with van der Waals surface area (Å²) in [6.45, 7) is 2.60. The van der Waals surface area contributed by atoms with E-state index in [-0.39, 0.29) is 29.0 Å². The van der Waals surface area contributed by atoms with E-state index in [1.807, 2.05) is 30.3 Å². The van der Waals surface area contributed by atoms with Gasteiger partial charge in [0.2, 0.25) is 5.91 Å². The Morgan fingerprint density at radius 1 is 1.07 bits per heavy atom. The average Bonchev–Trinajstić information content (AvgIpc) is 3.16. The molecule has 0 bridgehead atoms. The molecule has 152 valence electrons. The average molecular weight is 415 g/mol. The van der Waals surface area contributed by atoms with Gasteiger partial charge >= 0.3 is 0 Å². The van der Waals surface area contributed by atoms with E-state index in [1.54, 1.807) is 13.0 Å². The summed E-state index contributed by atoms with van der Waals surface area (Å²) in [6.07, 6.45) is -0.151. The minimum Gasteiger partial charge on any atom is -0.486 e. The van der Waals surface area contributed by atoms with Crippen molar-refractivity contribution in [3.63, 3.8) is 0 Å². The number of carbonyl (C=O) groups is 1. The monoisotopic (exact) mass is 415 g/mol. The summed E-state index contributed by atoms with van der Waals surface area (Å²) in [6, 6.07) is 13.6. The maximum Gasteiger partial charge on any atom is 0.221 e. The Kier molecular flexibility index (Phi) is 5.19. The number of furan rings is 1. The number of carbonyl (C=O) groups excluding carboxylic acids is 1. The number of rotatable bonds is 6. The van der Waals surface area contributed by atoms with E-state index in [9.17, 15) is 13.2 Å². The fourth-order valence-electron chi connectivity index (χ4n) is 3.16. The van der Waals surface area contributed by atoms with Crippen molar-refractivity contribution >= 4 is 26.7 Å². The van der Waals surface area contributed by atoms with Crippen molar-refractivity contribution < 1.29 is 27.1 Å². The third-order valence-corrected chi connectivity index (χ3v) is 6.43. The zero-order chi connectivity index (χ0) is 20.4. The second kappa shape index (κ2) is 7.79. The number of fused-ring (bicyclic) bond motifs is 2. The van der Waals surface area contributed by atoms with Crippen LogP contribution in [0.15, 0.2) is 57.8 Å². The van der Waals surface area contributed by atoms with Crippen LogP contribution in [0.4, 0.5) is 0 Å².